The molecular weight excluding hydrogens is 124 g/mol. The van der Waals surface area contributed by atoms with Gasteiger partial charge < -0.3 is 9.80 Å². The predicted molar refractivity (Wildman–Crippen MR) is 43.4 cm³/mol. The average Bonchev–Trinajstić information content (AvgIpc) is 2.10. The summed E-state index contributed by atoms with van der Waals surface area (Å²) in [6.45, 7) is 7.64. The van der Waals surface area contributed by atoms with Crippen LogP contribution in [0.1, 0.15) is 20.8 Å². The number of nitrogens with zero attached hydrogens (tertiary/aromatic N) is 2. The molecule has 0 N–H and O–H groups in total. The third-order valence-corrected chi connectivity index (χ3v) is 1.86. The SMILES string of the molecule is CC1=CN(C)CN1C(C)C. The van der Waals surface area contributed by atoms with Gasteiger partial charge in [-0.2, -0.15) is 0 Å². The Labute approximate surface area is 63.1 Å². The maximum atomic E-state index is 2.38. The second kappa shape index (κ2) is 2.52. The minimum absolute atomic E-state index is 0.626. The first kappa shape index (κ1) is 7.45. The second-order valence-corrected chi connectivity index (χ2v) is 3.23. The van der Waals surface area contributed by atoms with E-state index in [2.05, 4.69) is 43.8 Å². The summed E-state index contributed by atoms with van der Waals surface area (Å²) >= 11 is 0. The number of rotatable bonds is 1. The van der Waals surface area contributed by atoms with Gasteiger partial charge in [0, 0.05) is 25.0 Å². The van der Waals surface area contributed by atoms with Gasteiger partial charge in [0.25, 0.3) is 0 Å². The summed E-state index contributed by atoms with van der Waals surface area (Å²) in [5.41, 5.74) is 1.37. The normalized spacial score (nSPS) is 18.7. The van der Waals surface area contributed by atoms with Crippen LogP contribution in [0.5, 0.6) is 0 Å². The van der Waals surface area contributed by atoms with Crippen molar-refractivity contribution in [2.24, 2.45) is 0 Å². The molecule has 0 radical (unpaired) electrons. The molecule has 58 valence electrons. The Kier molecular flexibility index (Phi) is 1.88. The molecule has 0 unspecified atom stereocenters. The number of hydrogen-bond donors (Lipinski definition) is 0. The van der Waals surface area contributed by atoms with Gasteiger partial charge in [-0.25, -0.2) is 0 Å². The molecule has 0 saturated carbocycles. The van der Waals surface area contributed by atoms with E-state index in [1.165, 1.54) is 5.70 Å². The first-order valence-electron chi connectivity index (χ1n) is 3.76. The van der Waals surface area contributed by atoms with Gasteiger partial charge in [-0.1, -0.05) is 0 Å². The second-order valence-electron chi connectivity index (χ2n) is 3.23. The van der Waals surface area contributed by atoms with Crippen LogP contribution in [0.3, 0.4) is 0 Å². The maximum Gasteiger partial charge on any atom is 0.0895 e. The highest BCUT2D eigenvalue weighted by molar-refractivity contribution is 5.03. The Hall–Kier alpha value is -0.660. The quantitative estimate of drug-likeness (QED) is 0.544. The van der Waals surface area contributed by atoms with Crippen LogP contribution in [-0.4, -0.2) is 29.6 Å². The van der Waals surface area contributed by atoms with Crippen molar-refractivity contribution in [2.45, 2.75) is 26.8 Å². The zero-order valence-corrected chi connectivity index (χ0v) is 7.26. The zero-order chi connectivity index (χ0) is 7.72. The molecule has 0 atom stereocenters. The third-order valence-electron chi connectivity index (χ3n) is 1.86. The van der Waals surface area contributed by atoms with E-state index in [1.54, 1.807) is 0 Å². The molecule has 0 bridgehead atoms. The summed E-state index contributed by atoms with van der Waals surface area (Å²) in [4.78, 5) is 4.58. The van der Waals surface area contributed by atoms with Crippen LogP contribution in [0, 0.1) is 0 Å². The maximum absolute atomic E-state index is 2.38. The van der Waals surface area contributed by atoms with Crippen LogP contribution in [0.25, 0.3) is 0 Å². The molecule has 0 aliphatic carbocycles. The fourth-order valence-corrected chi connectivity index (χ4v) is 1.36. The van der Waals surface area contributed by atoms with Crippen LogP contribution in [0.15, 0.2) is 11.9 Å². The summed E-state index contributed by atoms with van der Waals surface area (Å²) in [5.74, 6) is 0. The monoisotopic (exact) mass is 140 g/mol. The van der Waals surface area contributed by atoms with Crippen molar-refractivity contribution >= 4 is 0 Å². The Bertz CT molecular complexity index is 149. The Morgan fingerprint density at radius 2 is 2.10 bits per heavy atom. The highest BCUT2D eigenvalue weighted by Gasteiger charge is 2.16. The molecule has 1 rings (SSSR count). The molecule has 1 aliphatic rings. The zero-order valence-electron chi connectivity index (χ0n) is 7.26. The van der Waals surface area contributed by atoms with E-state index in [0.717, 1.165) is 6.67 Å². The van der Waals surface area contributed by atoms with E-state index >= 15 is 0 Å². The highest BCUT2D eigenvalue weighted by Crippen LogP contribution is 2.15. The van der Waals surface area contributed by atoms with Gasteiger partial charge in [-0.05, 0) is 20.8 Å². The van der Waals surface area contributed by atoms with Gasteiger partial charge in [-0.3, -0.25) is 0 Å². The van der Waals surface area contributed by atoms with Crippen molar-refractivity contribution < 1.29 is 0 Å². The average molecular weight is 140 g/mol. The fourth-order valence-electron chi connectivity index (χ4n) is 1.36. The summed E-state index contributed by atoms with van der Waals surface area (Å²) in [5, 5.41) is 0. The lowest BCUT2D eigenvalue weighted by Crippen LogP contribution is -2.30. The van der Waals surface area contributed by atoms with Gasteiger partial charge >= 0.3 is 0 Å². The lowest BCUT2D eigenvalue weighted by Gasteiger charge is -2.25. The van der Waals surface area contributed by atoms with E-state index in [9.17, 15) is 0 Å². The van der Waals surface area contributed by atoms with E-state index in [1.807, 2.05) is 0 Å². The molecule has 0 saturated heterocycles. The molecule has 2 nitrogen and oxygen atoms in total. The smallest absolute Gasteiger partial charge is 0.0895 e. The summed E-state index contributed by atoms with van der Waals surface area (Å²) in [6, 6.07) is 0.626. The first-order chi connectivity index (χ1) is 4.61. The van der Waals surface area contributed by atoms with Crippen LogP contribution >= 0.6 is 0 Å². The van der Waals surface area contributed by atoms with Gasteiger partial charge in [-0.15, -0.1) is 0 Å². The van der Waals surface area contributed by atoms with Crippen LogP contribution in [0.4, 0.5) is 0 Å². The van der Waals surface area contributed by atoms with E-state index < -0.39 is 0 Å². The number of hydrogen-bond acceptors (Lipinski definition) is 2. The Morgan fingerprint density at radius 3 is 2.30 bits per heavy atom. The van der Waals surface area contributed by atoms with Gasteiger partial charge in [0.2, 0.25) is 0 Å². The van der Waals surface area contributed by atoms with Crippen molar-refractivity contribution in [3.8, 4) is 0 Å². The largest absolute Gasteiger partial charge is 0.361 e. The molecule has 0 spiro atoms. The van der Waals surface area contributed by atoms with Gasteiger partial charge in [0.1, 0.15) is 0 Å². The molecule has 0 aromatic heterocycles. The Balaban J connectivity index is 2.59. The summed E-state index contributed by atoms with van der Waals surface area (Å²) in [7, 11) is 2.10. The summed E-state index contributed by atoms with van der Waals surface area (Å²) in [6.07, 6.45) is 2.18. The number of allylic oxidation sites excluding steroid dienone is 1. The minimum atomic E-state index is 0.626. The molecule has 1 aliphatic heterocycles. The van der Waals surface area contributed by atoms with Crippen molar-refractivity contribution in [3.63, 3.8) is 0 Å². The fraction of sp³-hybridized carbons (Fsp3) is 0.750. The van der Waals surface area contributed by atoms with Crippen LogP contribution < -0.4 is 0 Å². The van der Waals surface area contributed by atoms with Crippen LogP contribution in [0.2, 0.25) is 0 Å². The topological polar surface area (TPSA) is 6.48 Å². The van der Waals surface area contributed by atoms with E-state index in [4.69, 9.17) is 0 Å². The van der Waals surface area contributed by atoms with E-state index in [-0.39, 0.29) is 0 Å². The molecule has 1 heterocycles. The van der Waals surface area contributed by atoms with Crippen LogP contribution in [-0.2, 0) is 0 Å². The minimum Gasteiger partial charge on any atom is -0.361 e. The van der Waals surface area contributed by atoms with Crippen molar-refractivity contribution in [3.05, 3.63) is 11.9 Å². The molecular formula is C8H16N2. The standard InChI is InChI=1S/C8H16N2/c1-7(2)10-6-9(4)5-8(10)3/h5,7H,6H2,1-4H3. The molecule has 0 aromatic rings. The van der Waals surface area contributed by atoms with Crippen molar-refractivity contribution in [2.75, 3.05) is 13.7 Å². The lowest BCUT2D eigenvalue weighted by molar-refractivity contribution is 0.239. The van der Waals surface area contributed by atoms with Gasteiger partial charge in [0.05, 0.1) is 6.67 Å². The molecule has 0 amide bonds. The van der Waals surface area contributed by atoms with E-state index in [0.29, 0.717) is 6.04 Å². The molecule has 10 heavy (non-hydrogen) atoms. The van der Waals surface area contributed by atoms with Crippen molar-refractivity contribution in [1.82, 2.24) is 9.80 Å². The Morgan fingerprint density at radius 1 is 1.50 bits per heavy atom. The predicted octanol–water partition coefficient (Wildman–Crippen LogP) is 1.46. The molecule has 2 heteroatoms. The van der Waals surface area contributed by atoms with Crippen molar-refractivity contribution in [1.29, 1.82) is 0 Å². The first-order valence-corrected chi connectivity index (χ1v) is 3.76. The van der Waals surface area contributed by atoms with Gasteiger partial charge in [0.15, 0.2) is 0 Å². The third kappa shape index (κ3) is 1.25. The lowest BCUT2D eigenvalue weighted by atomic mass is 10.3. The molecule has 0 fully saturated rings. The highest BCUT2D eigenvalue weighted by atomic mass is 15.4. The molecule has 0 aromatic carbocycles. The summed E-state index contributed by atoms with van der Waals surface area (Å²) < 4.78 is 0.